The number of hydrogen-bond acceptors (Lipinski definition) is 4. The number of esters is 1. The van der Waals surface area contributed by atoms with Crippen LogP contribution < -0.4 is 5.56 Å². The topological polar surface area (TPSA) is 76.5 Å². The Balaban J connectivity index is 1.49. The molecule has 0 atom stereocenters. The van der Waals surface area contributed by atoms with Crippen LogP contribution in [0.15, 0.2) is 59.5 Å². The number of para-hydroxylation sites is 1. The molecule has 3 heterocycles. The summed E-state index contributed by atoms with van der Waals surface area (Å²) in [5.41, 5.74) is 3.47. The number of aromatic amines is 1. The monoisotopic (exact) mass is 347 g/mol. The Hall–Kier alpha value is -3.41. The standard InChI is InChI=1S/C20H17N3O3/c1-13-5-4-8-18-22-15(10-19(24)23(13)18)12-26-20(25)9-14-11-21-17-7-3-2-6-16(14)17/h2-8,10-11,21H,9,12H2,1H3. The van der Waals surface area contributed by atoms with Crippen LogP contribution in [0.25, 0.3) is 16.6 Å². The van der Waals surface area contributed by atoms with Gasteiger partial charge in [-0.05, 0) is 30.7 Å². The van der Waals surface area contributed by atoms with Crippen LogP contribution in [0.5, 0.6) is 0 Å². The van der Waals surface area contributed by atoms with Crippen LogP contribution in [0.2, 0.25) is 0 Å². The summed E-state index contributed by atoms with van der Waals surface area (Å²) in [7, 11) is 0. The maximum atomic E-state index is 12.2. The van der Waals surface area contributed by atoms with Crippen molar-refractivity contribution in [1.29, 1.82) is 0 Å². The molecular formula is C20H17N3O3. The van der Waals surface area contributed by atoms with Gasteiger partial charge in [-0.25, -0.2) is 4.98 Å². The van der Waals surface area contributed by atoms with Crippen molar-refractivity contribution >= 4 is 22.5 Å². The normalized spacial score (nSPS) is 11.1. The molecule has 0 saturated heterocycles. The number of carbonyl (C=O) groups is 1. The number of pyridine rings is 1. The van der Waals surface area contributed by atoms with Crippen molar-refractivity contribution in [2.75, 3.05) is 0 Å². The van der Waals surface area contributed by atoms with E-state index in [1.165, 1.54) is 10.5 Å². The molecule has 3 aromatic heterocycles. The summed E-state index contributed by atoms with van der Waals surface area (Å²) >= 11 is 0. The minimum Gasteiger partial charge on any atom is -0.459 e. The number of benzene rings is 1. The van der Waals surface area contributed by atoms with Crippen molar-refractivity contribution in [1.82, 2.24) is 14.4 Å². The third-order valence-electron chi connectivity index (χ3n) is 4.32. The SMILES string of the molecule is Cc1cccc2nc(COC(=O)Cc3c[nH]c4ccccc34)cc(=O)n12. The van der Waals surface area contributed by atoms with Crippen LogP contribution in [0, 0.1) is 6.92 Å². The van der Waals surface area contributed by atoms with Gasteiger partial charge in [0, 0.05) is 28.9 Å². The Morgan fingerprint density at radius 3 is 2.92 bits per heavy atom. The van der Waals surface area contributed by atoms with Crippen molar-refractivity contribution in [3.8, 4) is 0 Å². The highest BCUT2D eigenvalue weighted by atomic mass is 16.5. The summed E-state index contributed by atoms with van der Waals surface area (Å²) < 4.78 is 6.85. The molecule has 0 radical (unpaired) electrons. The van der Waals surface area contributed by atoms with Gasteiger partial charge >= 0.3 is 5.97 Å². The summed E-state index contributed by atoms with van der Waals surface area (Å²) in [6, 6.07) is 14.6. The molecule has 4 aromatic rings. The molecule has 6 nitrogen and oxygen atoms in total. The molecule has 0 spiro atoms. The highest BCUT2D eigenvalue weighted by Crippen LogP contribution is 2.18. The van der Waals surface area contributed by atoms with E-state index in [-0.39, 0.29) is 24.6 Å². The van der Waals surface area contributed by atoms with Crippen LogP contribution in [0.4, 0.5) is 0 Å². The van der Waals surface area contributed by atoms with E-state index >= 15 is 0 Å². The largest absolute Gasteiger partial charge is 0.459 e. The molecule has 0 saturated carbocycles. The maximum absolute atomic E-state index is 12.2. The number of fused-ring (bicyclic) bond motifs is 2. The van der Waals surface area contributed by atoms with E-state index in [9.17, 15) is 9.59 Å². The van der Waals surface area contributed by atoms with Gasteiger partial charge in [-0.15, -0.1) is 0 Å². The van der Waals surface area contributed by atoms with Gasteiger partial charge in [-0.1, -0.05) is 24.3 Å². The zero-order valence-electron chi connectivity index (χ0n) is 14.2. The fraction of sp³-hybridized carbons (Fsp3) is 0.150. The molecule has 4 rings (SSSR count). The number of aryl methyl sites for hydroxylation is 1. The van der Waals surface area contributed by atoms with Gasteiger partial charge in [0.25, 0.3) is 5.56 Å². The first-order valence-corrected chi connectivity index (χ1v) is 8.31. The van der Waals surface area contributed by atoms with E-state index < -0.39 is 0 Å². The van der Waals surface area contributed by atoms with Gasteiger partial charge < -0.3 is 9.72 Å². The minimum atomic E-state index is -0.360. The molecular weight excluding hydrogens is 330 g/mol. The predicted octanol–water partition coefficient (Wildman–Crippen LogP) is 2.77. The number of carbonyl (C=O) groups excluding carboxylic acids is 1. The van der Waals surface area contributed by atoms with Crippen molar-refractivity contribution < 1.29 is 9.53 Å². The average Bonchev–Trinajstić information content (AvgIpc) is 3.03. The molecule has 1 N–H and O–H groups in total. The number of nitrogens with zero attached hydrogens (tertiary/aromatic N) is 2. The average molecular weight is 347 g/mol. The number of aromatic nitrogens is 3. The van der Waals surface area contributed by atoms with Gasteiger partial charge in [0.15, 0.2) is 0 Å². The Morgan fingerprint density at radius 2 is 2.04 bits per heavy atom. The van der Waals surface area contributed by atoms with Crippen LogP contribution in [-0.2, 0) is 22.6 Å². The van der Waals surface area contributed by atoms with E-state index in [1.807, 2.05) is 49.5 Å². The third kappa shape index (κ3) is 2.97. The Labute approximate surface area is 149 Å². The summed E-state index contributed by atoms with van der Waals surface area (Å²) in [5.74, 6) is -0.360. The van der Waals surface area contributed by atoms with E-state index in [4.69, 9.17) is 4.74 Å². The highest BCUT2D eigenvalue weighted by Gasteiger charge is 2.11. The van der Waals surface area contributed by atoms with Crippen molar-refractivity contribution in [2.45, 2.75) is 20.0 Å². The van der Waals surface area contributed by atoms with Crippen LogP contribution >= 0.6 is 0 Å². The first-order chi connectivity index (χ1) is 12.6. The number of H-pyrrole nitrogens is 1. The van der Waals surface area contributed by atoms with E-state index in [2.05, 4.69) is 9.97 Å². The summed E-state index contributed by atoms with van der Waals surface area (Å²) in [6.45, 7) is 1.82. The third-order valence-corrected chi connectivity index (χ3v) is 4.32. The van der Waals surface area contributed by atoms with Gasteiger partial charge in [-0.2, -0.15) is 0 Å². The molecule has 0 aliphatic heterocycles. The van der Waals surface area contributed by atoms with Crippen molar-refractivity contribution in [2.24, 2.45) is 0 Å². The smallest absolute Gasteiger partial charge is 0.310 e. The van der Waals surface area contributed by atoms with Gasteiger partial charge in [-0.3, -0.25) is 14.0 Å². The zero-order valence-corrected chi connectivity index (χ0v) is 14.2. The maximum Gasteiger partial charge on any atom is 0.310 e. The number of rotatable bonds is 4. The molecule has 0 unspecified atom stereocenters. The second-order valence-electron chi connectivity index (χ2n) is 6.14. The first-order valence-electron chi connectivity index (χ1n) is 8.31. The second kappa shape index (κ2) is 6.48. The molecule has 6 heteroatoms. The minimum absolute atomic E-state index is 0.0269. The molecule has 0 aliphatic rings. The number of nitrogens with one attached hydrogen (secondary N) is 1. The van der Waals surface area contributed by atoms with E-state index in [1.54, 1.807) is 6.07 Å². The molecule has 0 bridgehead atoms. The zero-order chi connectivity index (χ0) is 18.1. The molecule has 0 aliphatic carbocycles. The fourth-order valence-electron chi connectivity index (χ4n) is 3.08. The van der Waals surface area contributed by atoms with E-state index in [0.717, 1.165) is 22.2 Å². The van der Waals surface area contributed by atoms with Crippen molar-refractivity contribution in [3.63, 3.8) is 0 Å². The van der Waals surface area contributed by atoms with Gasteiger partial charge in [0.2, 0.25) is 0 Å². The second-order valence-corrected chi connectivity index (χ2v) is 6.14. The first kappa shape index (κ1) is 16.1. The Bertz CT molecular complexity index is 1170. The summed E-state index contributed by atoms with van der Waals surface area (Å²) in [6.07, 6.45) is 1.98. The molecule has 1 aromatic carbocycles. The molecule has 26 heavy (non-hydrogen) atoms. The molecule has 0 fully saturated rings. The lowest BCUT2D eigenvalue weighted by Gasteiger charge is -2.07. The number of ether oxygens (including phenoxy) is 1. The fourth-order valence-corrected chi connectivity index (χ4v) is 3.08. The van der Waals surface area contributed by atoms with Crippen LogP contribution in [0.1, 0.15) is 17.0 Å². The Kier molecular flexibility index (Phi) is 4.01. The quantitative estimate of drug-likeness (QED) is 0.576. The van der Waals surface area contributed by atoms with Gasteiger partial charge in [0.05, 0.1) is 12.1 Å². The van der Waals surface area contributed by atoms with Crippen molar-refractivity contribution in [3.05, 3.63) is 82.0 Å². The van der Waals surface area contributed by atoms with Gasteiger partial charge in [0.1, 0.15) is 12.3 Å². The molecule has 130 valence electrons. The van der Waals surface area contributed by atoms with Crippen LogP contribution in [-0.4, -0.2) is 20.3 Å². The lowest BCUT2D eigenvalue weighted by molar-refractivity contribution is -0.144. The molecule has 0 amide bonds. The number of hydrogen-bond donors (Lipinski definition) is 1. The Morgan fingerprint density at radius 1 is 1.19 bits per heavy atom. The highest BCUT2D eigenvalue weighted by molar-refractivity contribution is 5.87. The summed E-state index contributed by atoms with van der Waals surface area (Å²) in [4.78, 5) is 32.0. The predicted molar refractivity (Wildman–Crippen MR) is 98.0 cm³/mol. The summed E-state index contributed by atoms with van der Waals surface area (Å²) in [5, 5.41) is 1.00. The van der Waals surface area contributed by atoms with Crippen LogP contribution in [0.3, 0.4) is 0 Å². The van der Waals surface area contributed by atoms with E-state index in [0.29, 0.717) is 11.3 Å². The lowest BCUT2D eigenvalue weighted by Crippen LogP contribution is -2.18. The lowest BCUT2D eigenvalue weighted by atomic mass is 10.1.